The highest BCUT2D eigenvalue weighted by molar-refractivity contribution is 6.00. The fraction of sp³-hybridized carbons (Fsp3) is 0.500. The lowest BCUT2D eigenvalue weighted by molar-refractivity contribution is -0.126. The molecule has 4 heteroatoms. The molecule has 1 amide bonds. The minimum atomic E-state index is -0.408. The smallest absolute Gasteiger partial charge is 0.268 e. The third-order valence-electron chi connectivity index (χ3n) is 4.40. The summed E-state index contributed by atoms with van der Waals surface area (Å²) in [4.78, 5) is 14.4. The lowest BCUT2D eigenvalue weighted by Crippen LogP contribution is -2.46. The van der Waals surface area contributed by atoms with Crippen LogP contribution in [0.25, 0.3) is 0 Å². The van der Waals surface area contributed by atoms with Crippen LogP contribution >= 0.6 is 0 Å². The van der Waals surface area contributed by atoms with Gasteiger partial charge in [0.2, 0.25) is 0 Å². The molecule has 0 bridgehead atoms. The average Bonchev–Trinajstić information content (AvgIpc) is 3.33. The van der Waals surface area contributed by atoms with Crippen molar-refractivity contribution in [3.63, 3.8) is 0 Å². The van der Waals surface area contributed by atoms with E-state index < -0.39 is 6.10 Å². The minimum Gasteiger partial charge on any atom is -0.478 e. The van der Waals surface area contributed by atoms with Crippen LogP contribution in [-0.4, -0.2) is 18.6 Å². The van der Waals surface area contributed by atoms with Crippen LogP contribution < -0.4 is 15.4 Å². The van der Waals surface area contributed by atoms with E-state index in [-0.39, 0.29) is 11.9 Å². The minimum absolute atomic E-state index is 0.00939. The van der Waals surface area contributed by atoms with Gasteiger partial charge in [-0.1, -0.05) is 25.1 Å². The SMILES string of the molecule is C=C(C)CN1C(=O)C(CC)Oc2ccc(C(N)C3CC3)cc21. The maximum Gasteiger partial charge on any atom is 0.268 e. The van der Waals surface area contributed by atoms with Gasteiger partial charge in [-0.05, 0) is 49.8 Å². The van der Waals surface area contributed by atoms with E-state index >= 15 is 0 Å². The zero-order valence-electron chi connectivity index (χ0n) is 13.3. The topological polar surface area (TPSA) is 55.6 Å². The second-order valence-corrected chi connectivity index (χ2v) is 6.49. The van der Waals surface area contributed by atoms with E-state index in [1.54, 1.807) is 4.90 Å². The Hall–Kier alpha value is -1.81. The summed E-state index contributed by atoms with van der Waals surface area (Å²) in [6.07, 6.45) is 2.64. The quantitative estimate of drug-likeness (QED) is 0.850. The van der Waals surface area contributed by atoms with Crippen molar-refractivity contribution in [2.24, 2.45) is 11.7 Å². The van der Waals surface area contributed by atoms with Gasteiger partial charge in [0, 0.05) is 12.6 Å². The van der Waals surface area contributed by atoms with E-state index in [2.05, 4.69) is 6.58 Å². The summed E-state index contributed by atoms with van der Waals surface area (Å²) >= 11 is 0. The van der Waals surface area contributed by atoms with Gasteiger partial charge >= 0.3 is 0 Å². The molecule has 1 saturated carbocycles. The molecule has 2 N–H and O–H groups in total. The maximum atomic E-state index is 12.6. The molecule has 0 aromatic heterocycles. The molecule has 4 nitrogen and oxygen atoms in total. The van der Waals surface area contributed by atoms with E-state index in [0.717, 1.165) is 22.6 Å². The van der Waals surface area contributed by atoms with E-state index in [4.69, 9.17) is 10.5 Å². The number of hydrogen-bond donors (Lipinski definition) is 1. The largest absolute Gasteiger partial charge is 0.478 e. The van der Waals surface area contributed by atoms with Gasteiger partial charge in [0.1, 0.15) is 5.75 Å². The van der Waals surface area contributed by atoms with Crippen molar-refractivity contribution < 1.29 is 9.53 Å². The zero-order chi connectivity index (χ0) is 15.9. The van der Waals surface area contributed by atoms with Crippen molar-refractivity contribution in [3.05, 3.63) is 35.9 Å². The summed E-state index contributed by atoms with van der Waals surface area (Å²) in [6.45, 7) is 8.36. The summed E-state index contributed by atoms with van der Waals surface area (Å²) < 4.78 is 5.85. The third kappa shape index (κ3) is 2.75. The number of fused-ring (bicyclic) bond motifs is 1. The first-order chi connectivity index (χ1) is 10.5. The molecule has 0 radical (unpaired) electrons. The highest BCUT2D eigenvalue weighted by Crippen LogP contribution is 2.43. The van der Waals surface area contributed by atoms with Gasteiger partial charge in [-0.15, -0.1) is 0 Å². The number of ether oxygens (including phenoxy) is 1. The number of anilines is 1. The van der Waals surface area contributed by atoms with Gasteiger partial charge in [0.25, 0.3) is 5.91 Å². The molecule has 1 aromatic rings. The molecule has 2 atom stereocenters. The Labute approximate surface area is 131 Å². The summed E-state index contributed by atoms with van der Waals surface area (Å²) in [6, 6.07) is 6.05. The Kier molecular flexibility index (Phi) is 3.96. The Morgan fingerprint density at radius 3 is 2.82 bits per heavy atom. The van der Waals surface area contributed by atoms with Gasteiger partial charge < -0.3 is 15.4 Å². The maximum absolute atomic E-state index is 12.6. The van der Waals surface area contributed by atoms with Crippen LogP contribution in [0.2, 0.25) is 0 Å². The van der Waals surface area contributed by atoms with Crippen LogP contribution in [0, 0.1) is 5.92 Å². The predicted octanol–water partition coefficient (Wildman–Crippen LogP) is 3.18. The van der Waals surface area contributed by atoms with Crippen molar-refractivity contribution in [1.82, 2.24) is 0 Å². The molecule has 3 rings (SSSR count). The van der Waals surface area contributed by atoms with Crippen molar-refractivity contribution >= 4 is 11.6 Å². The van der Waals surface area contributed by atoms with Crippen LogP contribution in [0.15, 0.2) is 30.4 Å². The number of carbonyl (C=O) groups is 1. The summed E-state index contributed by atoms with van der Waals surface area (Å²) in [7, 11) is 0. The zero-order valence-corrected chi connectivity index (χ0v) is 13.3. The second-order valence-electron chi connectivity index (χ2n) is 6.49. The van der Waals surface area contributed by atoms with Crippen LogP contribution in [0.4, 0.5) is 5.69 Å². The van der Waals surface area contributed by atoms with E-state index in [1.165, 1.54) is 12.8 Å². The Morgan fingerprint density at radius 1 is 1.50 bits per heavy atom. The molecule has 2 unspecified atom stereocenters. The Balaban J connectivity index is 1.98. The molecular formula is C18H24N2O2. The molecule has 22 heavy (non-hydrogen) atoms. The molecule has 1 aliphatic heterocycles. The van der Waals surface area contributed by atoms with Crippen LogP contribution in [0.1, 0.15) is 44.7 Å². The summed E-state index contributed by atoms with van der Waals surface area (Å²) in [5.74, 6) is 1.35. The molecule has 1 heterocycles. The highest BCUT2D eigenvalue weighted by atomic mass is 16.5. The Bertz CT molecular complexity index is 607. The monoisotopic (exact) mass is 300 g/mol. The fourth-order valence-corrected chi connectivity index (χ4v) is 2.97. The van der Waals surface area contributed by atoms with Gasteiger partial charge in [-0.2, -0.15) is 0 Å². The first-order valence-corrected chi connectivity index (χ1v) is 8.03. The number of hydrogen-bond acceptors (Lipinski definition) is 3. The summed E-state index contributed by atoms with van der Waals surface area (Å²) in [5, 5.41) is 0. The lowest BCUT2D eigenvalue weighted by atomic mass is 10.0. The van der Waals surface area contributed by atoms with Gasteiger partial charge in [0.15, 0.2) is 6.10 Å². The molecule has 1 aromatic carbocycles. The first-order valence-electron chi connectivity index (χ1n) is 8.03. The van der Waals surface area contributed by atoms with Crippen LogP contribution in [0.3, 0.4) is 0 Å². The van der Waals surface area contributed by atoms with E-state index in [9.17, 15) is 4.79 Å². The number of rotatable bonds is 5. The lowest BCUT2D eigenvalue weighted by Gasteiger charge is -2.35. The molecule has 2 aliphatic rings. The molecule has 118 valence electrons. The van der Waals surface area contributed by atoms with E-state index in [0.29, 0.717) is 18.9 Å². The number of carbonyl (C=O) groups excluding carboxylic acids is 1. The fourth-order valence-electron chi connectivity index (χ4n) is 2.97. The van der Waals surface area contributed by atoms with Gasteiger partial charge in [-0.3, -0.25) is 4.79 Å². The molecular weight excluding hydrogens is 276 g/mol. The summed E-state index contributed by atoms with van der Waals surface area (Å²) in [5.41, 5.74) is 9.17. The van der Waals surface area contributed by atoms with Gasteiger partial charge in [0.05, 0.1) is 5.69 Å². The second kappa shape index (κ2) is 5.76. The van der Waals surface area contributed by atoms with Crippen LogP contribution in [-0.2, 0) is 4.79 Å². The average molecular weight is 300 g/mol. The standard InChI is InChI=1S/C18H24N2O2/c1-4-15-18(21)20(10-11(2)3)14-9-13(7-8-16(14)22-15)17(19)12-5-6-12/h7-9,12,15,17H,2,4-6,10,19H2,1,3H3. The molecule has 1 aliphatic carbocycles. The molecule has 0 spiro atoms. The van der Waals surface area contributed by atoms with Crippen LogP contribution in [0.5, 0.6) is 5.75 Å². The molecule has 1 fully saturated rings. The number of nitrogens with zero attached hydrogens (tertiary/aromatic N) is 1. The number of amides is 1. The normalized spacial score (nSPS) is 22.0. The number of benzene rings is 1. The third-order valence-corrected chi connectivity index (χ3v) is 4.40. The Morgan fingerprint density at radius 2 is 2.23 bits per heavy atom. The van der Waals surface area contributed by atoms with Crippen molar-refractivity contribution in [1.29, 1.82) is 0 Å². The van der Waals surface area contributed by atoms with E-state index in [1.807, 2.05) is 32.0 Å². The highest BCUT2D eigenvalue weighted by Gasteiger charge is 2.35. The van der Waals surface area contributed by atoms with Crippen molar-refractivity contribution in [3.8, 4) is 5.75 Å². The van der Waals surface area contributed by atoms with Crippen molar-refractivity contribution in [2.45, 2.75) is 45.3 Å². The first kappa shape index (κ1) is 15.1. The van der Waals surface area contributed by atoms with Crippen molar-refractivity contribution in [2.75, 3.05) is 11.4 Å². The van der Waals surface area contributed by atoms with Gasteiger partial charge in [-0.25, -0.2) is 0 Å². The number of nitrogens with two attached hydrogens (primary N) is 1. The predicted molar refractivity (Wildman–Crippen MR) is 88.0 cm³/mol. The molecule has 0 saturated heterocycles.